The molecule has 298 valence electrons. The van der Waals surface area contributed by atoms with E-state index in [0.29, 0.717) is 32.5 Å². The van der Waals surface area contributed by atoms with Gasteiger partial charge in [0.2, 0.25) is 0 Å². The van der Waals surface area contributed by atoms with Crippen LogP contribution >= 0.6 is 0 Å². The summed E-state index contributed by atoms with van der Waals surface area (Å²) in [6.45, 7) is 6.06. The van der Waals surface area contributed by atoms with Gasteiger partial charge in [-0.15, -0.1) is 0 Å². The molecule has 0 rings (SSSR count). The molecule has 0 radical (unpaired) electrons. The Bertz CT molecular complexity index is 785. The van der Waals surface area contributed by atoms with Gasteiger partial charge in [0.05, 0.1) is 0 Å². The van der Waals surface area contributed by atoms with E-state index in [0.717, 1.165) is 103 Å². The molecule has 0 bridgehead atoms. The van der Waals surface area contributed by atoms with E-state index in [2.05, 4.69) is 31.3 Å². The van der Waals surface area contributed by atoms with Gasteiger partial charge < -0.3 is 19.5 Å². The molecule has 0 aliphatic carbocycles. The van der Waals surface area contributed by atoms with E-state index in [4.69, 9.17) is 14.2 Å². The summed E-state index contributed by atoms with van der Waals surface area (Å²) in [6, 6.07) is 0. The molecule has 0 spiro atoms. The number of esters is 3. The van der Waals surface area contributed by atoms with Crippen molar-refractivity contribution in [3.05, 3.63) is 24.3 Å². The third-order valence-corrected chi connectivity index (χ3v) is 9.38. The molecular weight excluding hydrogens is 638 g/mol. The van der Waals surface area contributed by atoms with Gasteiger partial charge in [-0.2, -0.15) is 0 Å². The average molecular weight is 720 g/mol. The minimum atomic E-state index is -0.105. The molecule has 0 saturated heterocycles. The highest BCUT2D eigenvalue weighted by atomic mass is 16.5. The second-order valence-corrected chi connectivity index (χ2v) is 14.4. The first-order valence-electron chi connectivity index (χ1n) is 21.5. The molecule has 0 saturated carbocycles. The largest absolute Gasteiger partial charge is 0.462 e. The summed E-state index contributed by atoms with van der Waals surface area (Å²) in [6.07, 6.45) is 40.0. The van der Waals surface area contributed by atoms with Crippen LogP contribution in [0.4, 0.5) is 0 Å². The Balaban J connectivity index is 4.01. The van der Waals surface area contributed by atoms with Gasteiger partial charge in [0.1, 0.15) is 19.3 Å². The molecule has 0 fully saturated rings. The van der Waals surface area contributed by atoms with E-state index >= 15 is 0 Å². The monoisotopic (exact) mass is 720 g/mol. The van der Waals surface area contributed by atoms with Crippen LogP contribution in [-0.4, -0.2) is 50.8 Å². The number of hydrogen-bond acceptors (Lipinski definition) is 7. The van der Waals surface area contributed by atoms with Crippen LogP contribution in [0.3, 0.4) is 0 Å². The first-order chi connectivity index (χ1) is 25.0. The fourth-order valence-electron chi connectivity index (χ4n) is 6.14. The van der Waals surface area contributed by atoms with Crippen LogP contribution in [0.5, 0.6) is 0 Å². The molecule has 0 unspecified atom stereocenters. The lowest BCUT2D eigenvalue weighted by molar-refractivity contribution is -0.150. The van der Waals surface area contributed by atoms with Crippen molar-refractivity contribution in [2.24, 2.45) is 0 Å². The number of hydrogen-bond donors (Lipinski definition) is 1. The first kappa shape index (κ1) is 48.9. The molecule has 0 aliphatic rings. The Hall–Kier alpha value is -2.15. The van der Waals surface area contributed by atoms with E-state index in [1.807, 2.05) is 19.2 Å². The summed E-state index contributed by atoms with van der Waals surface area (Å²) in [4.78, 5) is 36.5. The second-order valence-electron chi connectivity index (χ2n) is 14.4. The highest BCUT2D eigenvalue weighted by Gasteiger charge is 2.14. The lowest BCUT2D eigenvalue weighted by Gasteiger charge is -2.18. The SMILES string of the molecule is CCCCCCCC/C=C\COC(=O)CCCCCCCC(CCCCCCCC(=O)OC/C=C\CCCCCCCC)OC(=O)CCCNC. The van der Waals surface area contributed by atoms with Crippen molar-refractivity contribution in [3.8, 4) is 0 Å². The number of rotatable bonds is 39. The minimum Gasteiger partial charge on any atom is -0.462 e. The second kappa shape index (κ2) is 40.6. The molecule has 0 aromatic carbocycles. The molecule has 0 aliphatic heterocycles. The molecule has 1 N–H and O–H groups in total. The van der Waals surface area contributed by atoms with Gasteiger partial charge in [0, 0.05) is 19.3 Å². The lowest BCUT2D eigenvalue weighted by Crippen LogP contribution is -2.19. The van der Waals surface area contributed by atoms with E-state index in [1.54, 1.807) is 0 Å². The number of unbranched alkanes of at least 4 members (excludes halogenated alkanes) is 20. The third kappa shape index (κ3) is 38.9. The zero-order valence-electron chi connectivity index (χ0n) is 33.7. The topological polar surface area (TPSA) is 90.9 Å². The van der Waals surface area contributed by atoms with Gasteiger partial charge in [0.25, 0.3) is 0 Å². The van der Waals surface area contributed by atoms with E-state index in [-0.39, 0.29) is 24.0 Å². The van der Waals surface area contributed by atoms with Gasteiger partial charge in [0.15, 0.2) is 0 Å². The van der Waals surface area contributed by atoms with Crippen molar-refractivity contribution in [1.29, 1.82) is 0 Å². The quantitative estimate of drug-likeness (QED) is 0.0293. The van der Waals surface area contributed by atoms with Crippen molar-refractivity contribution in [3.63, 3.8) is 0 Å². The molecule has 0 aromatic heterocycles. The van der Waals surface area contributed by atoms with Gasteiger partial charge >= 0.3 is 17.9 Å². The van der Waals surface area contributed by atoms with Gasteiger partial charge in [-0.05, 0) is 84.2 Å². The number of carbonyl (C=O) groups excluding carboxylic acids is 3. The Morgan fingerprint density at radius 3 is 1.31 bits per heavy atom. The van der Waals surface area contributed by atoms with Gasteiger partial charge in [-0.1, -0.05) is 141 Å². The zero-order chi connectivity index (χ0) is 37.3. The van der Waals surface area contributed by atoms with Gasteiger partial charge in [-0.25, -0.2) is 0 Å². The summed E-state index contributed by atoms with van der Waals surface area (Å²) >= 11 is 0. The third-order valence-electron chi connectivity index (χ3n) is 9.38. The lowest BCUT2D eigenvalue weighted by atomic mass is 10.0. The number of nitrogens with one attached hydrogen (secondary N) is 1. The van der Waals surface area contributed by atoms with Crippen molar-refractivity contribution < 1.29 is 28.6 Å². The molecule has 51 heavy (non-hydrogen) atoms. The standard InChI is InChI=1S/C44H81NO6/c1-4-6-8-10-12-14-16-24-30-39-49-42(46)35-28-22-18-20-26-33-41(51-44(48)37-32-38-45-3)34-27-21-19-23-29-36-43(47)50-40-31-25-17-15-13-11-9-7-5-2/h24-25,30-31,41,45H,4-23,26-29,32-40H2,1-3H3/b30-24-,31-25-. The molecule has 7 heteroatoms. The Labute approximate surface area is 314 Å². The number of carbonyl (C=O) groups is 3. The zero-order valence-corrected chi connectivity index (χ0v) is 33.7. The summed E-state index contributed by atoms with van der Waals surface area (Å²) < 4.78 is 16.6. The molecule has 7 nitrogen and oxygen atoms in total. The molecule has 0 heterocycles. The summed E-state index contributed by atoms with van der Waals surface area (Å²) in [5.41, 5.74) is 0. The molecular formula is C44H81NO6. The number of ether oxygens (including phenoxy) is 3. The van der Waals surface area contributed by atoms with Crippen LogP contribution < -0.4 is 5.32 Å². The van der Waals surface area contributed by atoms with Crippen LogP contribution in [0.25, 0.3) is 0 Å². The summed E-state index contributed by atoms with van der Waals surface area (Å²) in [5, 5.41) is 3.09. The average Bonchev–Trinajstić information content (AvgIpc) is 3.12. The maximum absolute atomic E-state index is 12.4. The maximum Gasteiger partial charge on any atom is 0.306 e. The normalized spacial score (nSPS) is 11.6. The van der Waals surface area contributed by atoms with Crippen LogP contribution in [0, 0.1) is 0 Å². The van der Waals surface area contributed by atoms with Crippen LogP contribution in [0.2, 0.25) is 0 Å². The van der Waals surface area contributed by atoms with Crippen LogP contribution in [-0.2, 0) is 28.6 Å². The van der Waals surface area contributed by atoms with E-state index < -0.39 is 0 Å². The van der Waals surface area contributed by atoms with Crippen LogP contribution in [0.1, 0.15) is 206 Å². The Kier molecular flexibility index (Phi) is 38.9. The van der Waals surface area contributed by atoms with Crippen molar-refractivity contribution >= 4 is 17.9 Å². The van der Waals surface area contributed by atoms with E-state index in [1.165, 1.54) is 77.0 Å². The molecule has 0 atom stereocenters. The van der Waals surface area contributed by atoms with E-state index in [9.17, 15) is 14.4 Å². The minimum absolute atomic E-state index is 0.0275. The Morgan fingerprint density at radius 1 is 0.471 bits per heavy atom. The first-order valence-corrected chi connectivity index (χ1v) is 21.5. The molecule has 0 amide bonds. The fraction of sp³-hybridized carbons (Fsp3) is 0.841. The predicted octanol–water partition coefficient (Wildman–Crippen LogP) is 12.1. The summed E-state index contributed by atoms with van der Waals surface area (Å²) in [7, 11) is 1.89. The van der Waals surface area contributed by atoms with Crippen molar-refractivity contribution in [2.45, 2.75) is 213 Å². The predicted molar refractivity (Wildman–Crippen MR) is 214 cm³/mol. The van der Waals surface area contributed by atoms with Crippen molar-refractivity contribution in [1.82, 2.24) is 5.32 Å². The van der Waals surface area contributed by atoms with Gasteiger partial charge in [-0.3, -0.25) is 14.4 Å². The Morgan fingerprint density at radius 2 is 0.863 bits per heavy atom. The maximum atomic E-state index is 12.4. The highest BCUT2D eigenvalue weighted by molar-refractivity contribution is 5.70. The number of allylic oxidation sites excluding steroid dienone is 2. The summed E-state index contributed by atoms with van der Waals surface area (Å²) in [5.74, 6) is -0.306. The van der Waals surface area contributed by atoms with Crippen molar-refractivity contribution in [2.75, 3.05) is 26.8 Å². The molecule has 0 aromatic rings. The fourth-order valence-corrected chi connectivity index (χ4v) is 6.14. The highest BCUT2D eigenvalue weighted by Crippen LogP contribution is 2.18. The smallest absolute Gasteiger partial charge is 0.306 e. The van der Waals surface area contributed by atoms with Crippen LogP contribution in [0.15, 0.2) is 24.3 Å².